The number of esters is 1. The predicted octanol–water partition coefficient (Wildman–Crippen LogP) is 5.39. The summed E-state index contributed by atoms with van der Waals surface area (Å²) in [4.78, 5) is 11.7. The smallest absolute Gasteiger partial charge is 0.306 e. The van der Waals surface area contributed by atoms with Crippen molar-refractivity contribution >= 4 is 5.97 Å². The summed E-state index contributed by atoms with van der Waals surface area (Å²) in [6, 6.07) is 0. The summed E-state index contributed by atoms with van der Waals surface area (Å²) in [5.74, 6) is 0.0421. The summed E-state index contributed by atoms with van der Waals surface area (Å²) in [7, 11) is 0. The molecule has 0 aliphatic heterocycles. The molecule has 0 atom stereocenters. The highest BCUT2D eigenvalue weighted by atomic mass is 16.5. The van der Waals surface area contributed by atoms with E-state index in [2.05, 4.69) is 6.92 Å². The highest BCUT2D eigenvalue weighted by molar-refractivity contribution is 5.69. The fraction of sp³-hybridized carbons (Fsp3) is 0.941. The number of unbranched alkanes of at least 4 members (excludes halogenated alkanes) is 6. The van der Waals surface area contributed by atoms with Crippen LogP contribution in [0.4, 0.5) is 0 Å². The molecule has 0 unspecified atom stereocenters. The third-order valence-corrected chi connectivity index (χ3v) is 4.08. The first-order valence-electron chi connectivity index (χ1n) is 8.52. The quantitative estimate of drug-likeness (QED) is 0.318. The largest absolute Gasteiger partial charge is 0.462 e. The number of hydrogen-bond acceptors (Lipinski definition) is 2. The Morgan fingerprint density at radius 3 is 2.11 bits per heavy atom. The lowest BCUT2D eigenvalue weighted by molar-refractivity contribution is -0.149. The van der Waals surface area contributed by atoms with Crippen molar-refractivity contribution in [1.29, 1.82) is 0 Å². The molecule has 0 radical (unpaired) electrons. The molecule has 19 heavy (non-hydrogen) atoms. The third kappa shape index (κ3) is 9.07. The molecule has 0 heterocycles. The summed E-state index contributed by atoms with van der Waals surface area (Å²) < 4.78 is 5.58. The molecular formula is C17H32O2. The van der Waals surface area contributed by atoms with Gasteiger partial charge in [-0.1, -0.05) is 58.3 Å². The van der Waals surface area contributed by atoms with Crippen LogP contribution in [-0.2, 0) is 9.53 Å². The van der Waals surface area contributed by atoms with Crippen LogP contribution in [0.25, 0.3) is 0 Å². The highest BCUT2D eigenvalue weighted by Gasteiger charge is 2.16. The maximum absolute atomic E-state index is 11.7. The van der Waals surface area contributed by atoms with E-state index in [0.29, 0.717) is 6.42 Å². The van der Waals surface area contributed by atoms with Crippen LogP contribution < -0.4 is 0 Å². The molecule has 1 aliphatic carbocycles. The first-order chi connectivity index (χ1) is 9.33. The van der Waals surface area contributed by atoms with Crippen molar-refractivity contribution in [1.82, 2.24) is 0 Å². The molecule has 0 saturated heterocycles. The van der Waals surface area contributed by atoms with Gasteiger partial charge in [-0.3, -0.25) is 4.79 Å². The van der Waals surface area contributed by atoms with E-state index in [1.165, 1.54) is 64.2 Å². The van der Waals surface area contributed by atoms with Crippen LogP contribution in [0.1, 0.15) is 96.8 Å². The van der Waals surface area contributed by atoms with E-state index in [0.717, 1.165) is 19.3 Å². The minimum Gasteiger partial charge on any atom is -0.462 e. The minimum absolute atomic E-state index is 0.0421. The Morgan fingerprint density at radius 2 is 1.47 bits per heavy atom. The normalized spacial score (nSPS) is 17.1. The Labute approximate surface area is 119 Å². The Morgan fingerprint density at radius 1 is 0.895 bits per heavy atom. The van der Waals surface area contributed by atoms with Crippen molar-refractivity contribution in [3.8, 4) is 0 Å². The van der Waals surface area contributed by atoms with Crippen LogP contribution in [0.5, 0.6) is 0 Å². The fourth-order valence-electron chi connectivity index (χ4n) is 2.83. The second-order valence-electron chi connectivity index (χ2n) is 5.97. The summed E-state index contributed by atoms with van der Waals surface area (Å²) in [5, 5.41) is 0. The predicted molar refractivity (Wildman–Crippen MR) is 80.2 cm³/mol. The standard InChI is InChI=1S/C17H32O2/c1-2-3-4-5-6-7-12-15-17(18)19-16-13-10-8-9-11-14-16/h16H,2-15H2,1H3. The second-order valence-corrected chi connectivity index (χ2v) is 5.97. The summed E-state index contributed by atoms with van der Waals surface area (Å²) in [6.45, 7) is 2.24. The maximum Gasteiger partial charge on any atom is 0.306 e. The molecule has 1 aliphatic rings. The van der Waals surface area contributed by atoms with Crippen LogP contribution >= 0.6 is 0 Å². The molecular weight excluding hydrogens is 236 g/mol. The van der Waals surface area contributed by atoms with E-state index in [1.807, 2.05) is 0 Å². The molecule has 2 nitrogen and oxygen atoms in total. The average Bonchev–Trinajstić information content (AvgIpc) is 2.66. The van der Waals surface area contributed by atoms with E-state index < -0.39 is 0 Å². The Balaban J connectivity index is 1.95. The lowest BCUT2D eigenvalue weighted by atomic mass is 10.1. The van der Waals surface area contributed by atoms with Crippen molar-refractivity contribution in [2.45, 2.75) is 103 Å². The zero-order chi connectivity index (χ0) is 13.8. The maximum atomic E-state index is 11.7. The monoisotopic (exact) mass is 268 g/mol. The van der Waals surface area contributed by atoms with Gasteiger partial charge in [0.2, 0.25) is 0 Å². The van der Waals surface area contributed by atoms with Gasteiger partial charge in [0, 0.05) is 6.42 Å². The zero-order valence-electron chi connectivity index (χ0n) is 12.8. The molecule has 0 amide bonds. The van der Waals surface area contributed by atoms with Gasteiger partial charge in [-0.25, -0.2) is 0 Å². The molecule has 1 saturated carbocycles. The number of hydrogen-bond donors (Lipinski definition) is 0. The lowest BCUT2D eigenvalue weighted by Crippen LogP contribution is -2.17. The van der Waals surface area contributed by atoms with Gasteiger partial charge in [0.15, 0.2) is 0 Å². The molecule has 112 valence electrons. The van der Waals surface area contributed by atoms with Gasteiger partial charge in [-0.15, -0.1) is 0 Å². The molecule has 0 aromatic heterocycles. The molecule has 0 aromatic carbocycles. The topological polar surface area (TPSA) is 26.3 Å². The van der Waals surface area contributed by atoms with E-state index in [4.69, 9.17) is 4.74 Å². The third-order valence-electron chi connectivity index (χ3n) is 4.08. The fourth-order valence-corrected chi connectivity index (χ4v) is 2.83. The van der Waals surface area contributed by atoms with Crippen LogP contribution in [0.15, 0.2) is 0 Å². The number of rotatable bonds is 9. The van der Waals surface area contributed by atoms with Crippen LogP contribution in [0.2, 0.25) is 0 Å². The first kappa shape index (κ1) is 16.5. The molecule has 2 heteroatoms. The Bertz CT molecular complexity index is 217. The zero-order valence-corrected chi connectivity index (χ0v) is 12.8. The van der Waals surface area contributed by atoms with Gasteiger partial charge in [-0.05, 0) is 32.1 Å². The molecule has 0 spiro atoms. The van der Waals surface area contributed by atoms with E-state index in [-0.39, 0.29) is 12.1 Å². The van der Waals surface area contributed by atoms with Crippen molar-refractivity contribution in [3.05, 3.63) is 0 Å². The van der Waals surface area contributed by atoms with Crippen molar-refractivity contribution in [3.63, 3.8) is 0 Å². The number of carbonyl (C=O) groups is 1. The molecule has 0 bridgehead atoms. The van der Waals surface area contributed by atoms with Gasteiger partial charge in [0.05, 0.1) is 0 Å². The van der Waals surface area contributed by atoms with Gasteiger partial charge in [-0.2, -0.15) is 0 Å². The van der Waals surface area contributed by atoms with Crippen LogP contribution in [-0.4, -0.2) is 12.1 Å². The van der Waals surface area contributed by atoms with Gasteiger partial charge in [0.25, 0.3) is 0 Å². The second kappa shape index (κ2) is 11.3. The summed E-state index contributed by atoms with van der Waals surface area (Å²) >= 11 is 0. The van der Waals surface area contributed by atoms with Crippen molar-refractivity contribution in [2.24, 2.45) is 0 Å². The summed E-state index contributed by atoms with van der Waals surface area (Å²) in [5.41, 5.74) is 0. The van der Waals surface area contributed by atoms with E-state index >= 15 is 0 Å². The molecule has 1 fully saturated rings. The average molecular weight is 268 g/mol. The number of ether oxygens (including phenoxy) is 1. The molecule has 1 rings (SSSR count). The van der Waals surface area contributed by atoms with Gasteiger partial charge < -0.3 is 4.74 Å². The Hall–Kier alpha value is -0.530. The first-order valence-corrected chi connectivity index (χ1v) is 8.52. The minimum atomic E-state index is 0.0421. The molecule has 0 aromatic rings. The summed E-state index contributed by atoms with van der Waals surface area (Å²) in [6.07, 6.45) is 16.9. The van der Waals surface area contributed by atoms with E-state index in [1.54, 1.807) is 0 Å². The van der Waals surface area contributed by atoms with Crippen molar-refractivity contribution < 1.29 is 9.53 Å². The van der Waals surface area contributed by atoms with Crippen molar-refractivity contribution in [2.75, 3.05) is 0 Å². The molecule has 0 N–H and O–H groups in total. The SMILES string of the molecule is CCCCCCCCCC(=O)OC1CCCCCC1. The Kier molecular flexibility index (Phi) is 9.84. The van der Waals surface area contributed by atoms with Crippen LogP contribution in [0, 0.1) is 0 Å². The van der Waals surface area contributed by atoms with Gasteiger partial charge >= 0.3 is 5.97 Å². The number of carbonyl (C=O) groups excluding carboxylic acids is 1. The van der Waals surface area contributed by atoms with Gasteiger partial charge in [0.1, 0.15) is 6.10 Å². The van der Waals surface area contributed by atoms with Crippen LogP contribution in [0.3, 0.4) is 0 Å². The van der Waals surface area contributed by atoms with E-state index in [9.17, 15) is 4.79 Å². The highest BCUT2D eigenvalue weighted by Crippen LogP contribution is 2.20. The lowest BCUT2D eigenvalue weighted by Gasteiger charge is -2.15.